The van der Waals surface area contributed by atoms with E-state index in [4.69, 9.17) is 0 Å². The van der Waals surface area contributed by atoms with Gasteiger partial charge in [0.05, 0.1) is 23.2 Å². The average Bonchev–Trinajstić information content (AvgIpc) is 3.12. The van der Waals surface area contributed by atoms with E-state index >= 15 is 0 Å². The Balaban J connectivity index is 1.68. The highest BCUT2D eigenvalue weighted by Gasteiger charge is 2.31. The number of carbonyl (C=O) groups excluding carboxylic acids is 1. The molecule has 1 atom stereocenters. The molecule has 1 saturated heterocycles. The maximum atomic E-state index is 13.3. The van der Waals surface area contributed by atoms with Crippen LogP contribution in [0.1, 0.15) is 30.1 Å². The van der Waals surface area contributed by atoms with Gasteiger partial charge in [0, 0.05) is 12.7 Å². The van der Waals surface area contributed by atoms with Crippen LogP contribution < -0.4 is 4.72 Å². The van der Waals surface area contributed by atoms with E-state index in [1.807, 2.05) is 18.2 Å². The number of likely N-dealkylation sites (tertiary alicyclic amines) is 1. The zero-order chi connectivity index (χ0) is 18.7. The molecule has 6 nitrogen and oxygen atoms in total. The smallest absolute Gasteiger partial charge is 0.241 e. The second-order valence-electron chi connectivity index (χ2n) is 6.24. The van der Waals surface area contributed by atoms with Crippen molar-refractivity contribution in [2.24, 2.45) is 0 Å². The summed E-state index contributed by atoms with van der Waals surface area (Å²) in [7, 11) is -3.89. The summed E-state index contributed by atoms with van der Waals surface area (Å²) in [5.74, 6) is -0.782. The van der Waals surface area contributed by atoms with Crippen molar-refractivity contribution >= 4 is 15.9 Å². The van der Waals surface area contributed by atoms with Gasteiger partial charge in [0.2, 0.25) is 15.9 Å². The van der Waals surface area contributed by atoms with Gasteiger partial charge in [0.1, 0.15) is 5.82 Å². The number of sulfonamides is 1. The Morgan fingerprint density at radius 3 is 2.85 bits per heavy atom. The van der Waals surface area contributed by atoms with E-state index < -0.39 is 15.8 Å². The molecule has 8 heteroatoms. The second kappa shape index (κ2) is 7.51. The van der Waals surface area contributed by atoms with Crippen LogP contribution >= 0.6 is 0 Å². The van der Waals surface area contributed by atoms with Crippen molar-refractivity contribution < 1.29 is 17.6 Å². The summed E-state index contributed by atoms with van der Waals surface area (Å²) in [6.07, 6.45) is 3.32. The molecule has 3 rings (SSSR count). The Morgan fingerprint density at radius 2 is 2.15 bits per heavy atom. The third-order valence-corrected chi connectivity index (χ3v) is 5.85. The minimum absolute atomic E-state index is 0.0631. The molecule has 0 spiro atoms. The summed E-state index contributed by atoms with van der Waals surface area (Å²) in [5, 5.41) is 0. The van der Waals surface area contributed by atoms with E-state index in [0.717, 1.165) is 24.6 Å². The molecule has 2 aromatic rings. The minimum Gasteiger partial charge on any atom is -0.333 e. The summed E-state index contributed by atoms with van der Waals surface area (Å²) < 4.78 is 40.3. The molecule has 1 aromatic carbocycles. The van der Waals surface area contributed by atoms with Gasteiger partial charge in [-0.25, -0.2) is 17.5 Å². The SMILES string of the molecule is Cc1cc(S(=O)(=O)NCC(=O)N2CCCC2c2ccccn2)ccc1F. The summed E-state index contributed by atoms with van der Waals surface area (Å²) in [4.78, 5) is 18.4. The van der Waals surface area contributed by atoms with E-state index in [9.17, 15) is 17.6 Å². The topological polar surface area (TPSA) is 79.4 Å². The Bertz CT molecular complexity index is 903. The molecule has 0 bridgehead atoms. The van der Waals surface area contributed by atoms with E-state index in [1.165, 1.54) is 19.1 Å². The van der Waals surface area contributed by atoms with E-state index in [1.54, 1.807) is 11.1 Å². The van der Waals surface area contributed by atoms with Crippen molar-refractivity contribution in [3.63, 3.8) is 0 Å². The quantitative estimate of drug-likeness (QED) is 0.866. The normalized spacial score (nSPS) is 17.5. The first-order valence-corrected chi connectivity index (χ1v) is 9.83. The number of aryl methyl sites for hydroxylation is 1. The van der Waals surface area contributed by atoms with Gasteiger partial charge < -0.3 is 4.90 Å². The molecular formula is C18H20FN3O3S. The monoisotopic (exact) mass is 377 g/mol. The number of hydrogen-bond donors (Lipinski definition) is 1. The Labute approximate surface area is 152 Å². The summed E-state index contributed by atoms with van der Waals surface area (Å²) in [6, 6.07) is 8.93. The van der Waals surface area contributed by atoms with Crippen molar-refractivity contribution in [2.45, 2.75) is 30.7 Å². The first kappa shape index (κ1) is 18.5. The molecular weight excluding hydrogens is 357 g/mol. The molecule has 1 N–H and O–H groups in total. The highest BCUT2D eigenvalue weighted by Crippen LogP contribution is 2.30. The van der Waals surface area contributed by atoms with Crippen LogP contribution in [-0.4, -0.2) is 37.3 Å². The zero-order valence-corrected chi connectivity index (χ0v) is 15.2. The van der Waals surface area contributed by atoms with Gasteiger partial charge in [-0.15, -0.1) is 0 Å². The maximum Gasteiger partial charge on any atom is 0.241 e. The number of nitrogens with zero attached hydrogens (tertiary/aromatic N) is 2. The van der Waals surface area contributed by atoms with Crippen LogP contribution in [0.3, 0.4) is 0 Å². The summed E-state index contributed by atoms with van der Waals surface area (Å²) in [5.41, 5.74) is 1.03. The van der Waals surface area contributed by atoms with Gasteiger partial charge in [-0.1, -0.05) is 6.07 Å². The molecule has 26 heavy (non-hydrogen) atoms. The summed E-state index contributed by atoms with van der Waals surface area (Å²) in [6.45, 7) is 1.71. The van der Waals surface area contributed by atoms with Crippen LogP contribution in [0.5, 0.6) is 0 Å². The number of benzene rings is 1. The molecule has 1 fully saturated rings. The van der Waals surface area contributed by atoms with Gasteiger partial charge in [-0.05, 0) is 55.7 Å². The van der Waals surface area contributed by atoms with Crippen LogP contribution in [0.25, 0.3) is 0 Å². The lowest BCUT2D eigenvalue weighted by molar-refractivity contribution is -0.130. The van der Waals surface area contributed by atoms with Crippen molar-refractivity contribution in [2.75, 3.05) is 13.1 Å². The number of amides is 1. The summed E-state index contributed by atoms with van der Waals surface area (Å²) >= 11 is 0. The molecule has 0 radical (unpaired) electrons. The molecule has 0 aliphatic carbocycles. The van der Waals surface area contributed by atoms with Crippen LogP contribution in [0.2, 0.25) is 0 Å². The minimum atomic E-state index is -3.89. The third-order valence-electron chi connectivity index (χ3n) is 4.46. The fourth-order valence-electron chi connectivity index (χ4n) is 3.07. The first-order valence-electron chi connectivity index (χ1n) is 8.35. The number of nitrogens with one attached hydrogen (secondary N) is 1. The second-order valence-corrected chi connectivity index (χ2v) is 8.00. The largest absolute Gasteiger partial charge is 0.333 e. The molecule has 0 saturated carbocycles. The fourth-order valence-corrected chi connectivity index (χ4v) is 4.13. The van der Waals surface area contributed by atoms with Gasteiger partial charge in [-0.3, -0.25) is 9.78 Å². The van der Waals surface area contributed by atoms with Gasteiger partial charge >= 0.3 is 0 Å². The average molecular weight is 377 g/mol. The number of pyridine rings is 1. The highest BCUT2D eigenvalue weighted by molar-refractivity contribution is 7.89. The van der Waals surface area contributed by atoms with Crippen LogP contribution in [0.4, 0.5) is 4.39 Å². The molecule has 1 amide bonds. The number of aromatic nitrogens is 1. The number of carbonyl (C=O) groups is 1. The van der Waals surface area contributed by atoms with Gasteiger partial charge in [-0.2, -0.15) is 0 Å². The molecule has 2 heterocycles. The number of rotatable bonds is 5. The lowest BCUT2D eigenvalue weighted by Crippen LogP contribution is -2.40. The van der Waals surface area contributed by atoms with Crippen molar-refractivity contribution in [1.29, 1.82) is 0 Å². The van der Waals surface area contributed by atoms with Crippen molar-refractivity contribution in [3.05, 3.63) is 59.7 Å². The maximum absolute atomic E-state index is 13.3. The standard InChI is InChI=1S/C18H20FN3O3S/c1-13-11-14(7-8-15(13)19)26(24,25)21-12-18(23)22-10-4-6-17(22)16-5-2-3-9-20-16/h2-3,5,7-9,11,17,21H,4,6,10,12H2,1H3. The Hall–Kier alpha value is -2.32. The molecule has 1 aromatic heterocycles. The predicted molar refractivity (Wildman–Crippen MR) is 94.3 cm³/mol. The van der Waals surface area contributed by atoms with Gasteiger partial charge in [0.25, 0.3) is 0 Å². The van der Waals surface area contributed by atoms with Crippen molar-refractivity contribution in [1.82, 2.24) is 14.6 Å². The molecule has 1 unspecified atom stereocenters. The number of halogens is 1. The molecule has 1 aliphatic heterocycles. The molecule has 138 valence electrons. The van der Waals surface area contributed by atoms with E-state index in [-0.39, 0.29) is 29.0 Å². The third kappa shape index (κ3) is 3.91. The number of hydrogen-bond acceptors (Lipinski definition) is 4. The van der Waals surface area contributed by atoms with Crippen molar-refractivity contribution in [3.8, 4) is 0 Å². The highest BCUT2D eigenvalue weighted by atomic mass is 32.2. The fraction of sp³-hybridized carbons (Fsp3) is 0.333. The first-order chi connectivity index (χ1) is 12.4. The Morgan fingerprint density at radius 1 is 1.35 bits per heavy atom. The lowest BCUT2D eigenvalue weighted by atomic mass is 10.1. The molecule has 1 aliphatic rings. The van der Waals surface area contributed by atoms with Crippen LogP contribution in [-0.2, 0) is 14.8 Å². The van der Waals surface area contributed by atoms with Crippen LogP contribution in [0, 0.1) is 12.7 Å². The lowest BCUT2D eigenvalue weighted by Gasteiger charge is -2.24. The van der Waals surface area contributed by atoms with E-state index in [0.29, 0.717) is 6.54 Å². The zero-order valence-electron chi connectivity index (χ0n) is 14.4. The van der Waals surface area contributed by atoms with Gasteiger partial charge in [0.15, 0.2) is 0 Å². The van der Waals surface area contributed by atoms with Crippen LogP contribution in [0.15, 0.2) is 47.5 Å². The van der Waals surface area contributed by atoms with E-state index in [2.05, 4.69) is 9.71 Å². The Kier molecular flexibility index (Phi) is 5.33. The predicted octanol–water partition coefficient (Wildman–Crippen LogP) is 2.17.